The van der Waals surface area contributed by atoms with Crippen LogP contribution >= 0.6 is 0 Å². The summed E-state index contributed by atoms with van der Waals surface area (Å²) < 4.78 is 1.06. The van der Waals surface area contributed by atoms with Crippen LogP contribution < -0.4 is 10.9 Å². The molecule has 0 unspecified atom stereocenters. The number of amides is 2. The van der Waals surface area contributed by atoms with E-state index in [-0.39, 0.29) is 18.0 Å². The molecule has 1 aromatic heterocycles. The van der Waals surface area contributed by atoms with Crippen molar-refractivity contribution in [3.05, 3.63) is 46.9 Å². The second-order valence-electron chi connectivity index (χ2n) is 4.63. The summed E-state index contributed by atoms with van der Waals surface area (Å²) >= 11 is 0. The molecular formula is C14H13N3O3. The van der Waals surface area contributed by atoms with E-state index in [1.165, 1.54) is 11.1 Å². The Morgan fingerprint density at radius 1 is 1.15 bits per heavy atom. The number of carbonyl (C=O) groups is 2. The fraction of sp³-hybridized carbons (Fsp3) is 0.214. The van der Waals surface area contributed by atoms with E-state index in [4.69, 9.17) is 0 Å². The van der Waals surface area contributed by atoms with E-state index >= 15 is 0 Å². The maximum Gasteiger partial charge on any atom is 0.331 e. The third-order valence-electron chi connectivity index (χ3n) is 3.33. The number of nitrogens with one attached hydrogen (secondary N) is 1. The molecule has 0 radical (unpaired) electrons. The van der Waals surface area contributed by atoms with Gasteiger partial charge in [-0.1, -0.05) is 18.2 Å². The van der Waals surface area contributed by atoms with E-state index in [1.54, 1.807) is 18.2 Å². The van der Waals surface area contributed by atoms with Gasteiger partial charge in [0.15, 0.2) is 0 Å². The number of hydrogen-bond acceptors (Lipinski definition) is 3. The van der Waals surface area contributed by atoms with Crippen LogP contribution in [0.4, 0.5) is 4.79 Å². The molecule has 3 rings (SSSR count). The molecule has 0 aliphatic carbocycles. The highest BCUT2D eigenvalue weighted by molar-refractivity contribution is 5.88. The molecule has 102 valence electrons. The largest absolute Gasteiger partial charge is 0.353 e. The maximum absolute atomic E-state index is 12.3. The summed E-state index contributed by atoms with van der Waals surface area (Å²) in [7, 11) is 0. The normalized spacial score (nSPS) is 15.2. The number of fused-ring (bicyclic) bond motifs is 1. The average Bonchev–Trinajstić information content (AvgIpc) is 2.47. The second kappa shape index (κ2) is 4.80. The van der Waals surface area contributed by atoms with Gasteiger partial charge in [0, 0.05) is 24.7 Å². The van der Waals surface area contributed by atoms with Crippen LogP contribution in [-0.2, 0) is 4.79 Å². The number of pyridine rings is 1. The first-order chi connectivity index (χ1) is 9.66. The summed E-state index contributed by atoms with van der Waals surface area (Å²) in [4.78, 5) is 37.3. The van der Waals surface area contributed by atoms with Crippen LogP contribution in [0.25, 0.3) is 10.8 Å². The Morgan fingerprint density at radius 3 is 2.75 bits per heavy atom. The first kappa shape index (κ1) is 12.4. The molecule has 2 amide bonds. The van der Waals surface area contributed by atoms with E-state index in [0.29, 0.717) is 18.5 Å². The van der Waals surface area contributed by atoms with Crippen LogP contribution in [0.2, 0.25) is 0 Å². The number of hydrogen-bond donors (Lipinski definition) is 1. The van der Waals surface area contributed by atoms with Gasteiger partial charge < -0.3 is 10.2 Å². The zero-order valence-electron chi connectivity index (χ0n) is 10.7. The molecule has 1 N–H and O–H groups in total. The zero-order valence-corrected chi connectivity index (χ0v) is 10.7. The Balaban J connectivity index is 2.01. The van der Waals surface area contributed by atoms with Crippen molar-refractivity contribution in [3.63, 3.8) is 0 Å². The summed E-state index contributed by atoms with van der Waals surface area (Å²) in [6.45, 7) is 0.800. The molecule has 1 fully saturated rings. The minimum atomic E-state index is -0.462. The van der Waals surface area contributed by atoms with Crippen molar-refractivity contribution in [2.75, 3.05) is 19.6 Å². The van der Waals surface area contributed by atoms with Crippen LogP contribution in [-0.4, -0.2) is 41.0 Å². The standard InChI is InChI=1S/C14H13N3O3/c18-12-9-16(8-6-15-12)14(20)17-7-5-10-3-1-2-4-11(10)13(17)19/h1-5,7H,6,8-9H2,(H,15,18). The van der Waals surface area contributed by atoms with Crippen molar-refractivity contribution < 1.29 is 9.59 Å². The van der Waals surface area contributed by atoms with Gasteiger partial charge in [-0.05, 0) is 17.5 Å². The summed E-state index contributed by atoms with van der Waals surface area (Å²) in [5.41, 5.74) is -0.362. The van der Waals surface area contributed by atoms with Crippen molar-refractivity contribution in [2.24, 2.45) is 0 Å². The van der Waals surface area contributed by atoms with Crippen LogP contribution in [0.1, 0.15) is 0 Å². The number of aromatic nitrogens is 1. The molecule has 6 nitrogen and oxygen atoms in total. The molecular weight excluding hydrogens is 258 g/mol. The average molecular weight is 271 g/mol. The van der Waals surface area contributed by atoms with Crippen LogP contribution in [0.5, 0.6) is 0 Å². The quantitative estimate of drug-likeness (QED) is 0.754. The first-order valence-corrected chi connectivity index (χ1v) is 6.33. The molecule has 0 bridgehead atoms. The number of carbonyl (C=O) groups excluding carboxylic acids is 2. The molecule has 20 heavy (non-hydrogen) atoms. The minimum Gasteiger partial charge on any atom is -0.353 e. The molecule has 6 heteroatoms. The van der Waals surface area contributed by atoms with Crippen molar-refractivity contribution in [1.29, 1.82) is 0 Å². The monoisotopic (exact) mass is 271 g/mol. The van der Waals surface area contributed by atoms with E-state index < -0.39 is 6.03 Å². The highest BCUT2D eigenvalue weighted by Crippen LogP contribution is 2.08. The van der Waals surface area contributed by atoms with E-state index in [9.17, 15) is 14.4 Å². The molecule has 1 saturated heterocycles. The molecule has 1 aromatic carbocycles. The molecule has 0 spiro atoms. The Kier molecular flexibility index (Phi) is 2.98. The van der Waals surface area contributed by atoms with E-state index in [0.717, 1.165) is 9.95 Å². The Labute approximate surface area is 114 Å². The van der Waals surface area contributed by atoms with Gasteiger partial charge in [-0.2, -0.15) is 0 Å². The molecule has 1 aliphatic heterocycles. The lowest BCUT2D eigenvalue weighted by atomic mass is 10.2. The van der Waals surface area contributed by atoms with Gasteiger partial charge in [-0.25, -0.2) is 9.36 Å². The summed E-state index contributed by atoms with van der Waals surface area (Å²) in [6, 6.07) is 8.36. The molecule has 2 heterocycles. The SMILES string of the molecule is O=C1CN(C(=O)n2ccc3ccccc3c2=O)CCN1. The van der Waals surface area contributed by atoms with Gasteiger partial charge in [0.25, 0.3) is 5.56 Å². The predicted octanol–water partition coefficient (Wildman–Crippen LogP) is 0.401. The maximum atomic E-state index is 12.3. The van der Waals surface area contributed by atoms with Crippen molar-refractivity contribution in [3.8, 4) is 0 Å². The van der Waals surface area contributed by atoms with Crippen molar-refractivity contribution in [2.45, 2.75) is 0 Å². The van der Waals surface area contributed by atoms with Gasteiger partial charge in [-0.3, -0.25) is 9.59 Å². The van der Waals surface area contributed by atoms with Gasteiger partial charge >= 0.3 is 6.03 Å². The highest BCUT2D eigenvalue weighted by atomic mass is 16.2. The number of benzene rings is 1. The minimum absolute atomic E-state index is 0.0158. The Hall–Kier alpha value is -2.63. The van der Waals surface area contributed by atoms with Gasteiger partial charge in [-0.15, -0.1) is 0 Å². The summed E-state index contributed by atoms with van der Waals surface area (Å²) in [5.74, 6) is -0.210. The lowest BCUT2D eigenvalue weighted by Crippen LogP contribution is -2.52. The van der Waals surface area contributed by atoms with Gasteiger partial charge in [0.2, 0.25) is 5.91 Å². The number of rotatable bonds is 0. The molecule has 0 saturated carbocycles. The van der Waals surface area contributed by atoms with Gasteiger partial charge in [0.1, 0.15) is 6.54 Å². The van der Waals surface area contributed by atoms with Crippen molar-refractivity contribution in [1.82, 2.24) is 14.8 Å². The predicted molar refractivity (Wildman–Crippen MR) is 73.6 cm³/mol. The Morgan fingerprint density at radius 2 is 1.95 bits per heavy atom. The highest BCUT2D eigenvalue weighted by Gasteiger charge is 2.23. The van der Waals surface area contributed by atoms with E-state index in [2.05, 4.69) is 5.32 Å². The fourth-order valence-electron chi connectivity index (χ4n) is 2.29. The number of piperazine rings is 1. The lowest BCUT2D eigenvalue weighted by Gasteiger charge is -2.26. The fourth-order valence-corrected chi connectivity index (χ4v) is 2.29. The van der Waals surface area contributed by atoms with Crippen molar-refractivity contribution >= 4 is 22.7 Å². The lowest BCUT2D eigenvalue weighted by molar-refractivity contribution is -0.123. The molecule has 1 aliphatic rings. The molecule has 0 atom stereocenters. The summed E-state index contributed by atoms with van der Waals surface area (Å²) in [6.07, 6.45) is 1.46. The third-order valence-corrected chi connectivity index (χ3v) is 3.33. The van der Waals surface area contributed by atoms with E-state index in [1.807, 2.05) is 12.1 Å². The van der Waals surface area contributed by atoms with Crippen LogP contribution in [0, 0.1) is 0 Å². The van der Waals surface area contributed by atoms with Crippen LogP contribution in [0.15, 0.2) is 41.3 Å². The molecule has 2 aromatic rings. The van der Waals surface area contributed by atoms with Crippen LogP contribution in [0.3, 0.4) is 0 Å². The zero-order chi connectivity index (χ0) is 14.1. The first-order valence-electron chi connectivity index (χ1n) is 6.33. The summed E-state index contributed by atoms with van der Waals surface area (Å²) in [5, 5.41) is 3.92. The Bertz CT molecular complexity index is 751. The third kappa shape index (κ3) is 2.05. The number of nitrogens with zero attached hydrogens (tertiary/aromatic N) is 2. The smallest absolute Gasteiger partial charge is 0.331 e. The second-order valence-corrected chi connectivity index (χ2v) is 4.63. The topological polar surface area (TPSA) is 71.4 Å². The van der Waals surface area contributed by atoms with Gasteiger partial charge in [0.05, 0.1) is 0 Å².